The Hall–Kier alpha value is -1.15. The van der Waals surface area contributed by atoms with Crippen LogP contribution in [0, 0.1) is 5.92 Å². The van der Waals surface area contributed by atoms with E-state index in [9.17, 15) is 4.79 Å². The molecule has 0 aromatic heterocycles. The third-order valence-electron chi connectivity index (χ3n) is 4.64. The van der Waals surface area contributed by atoms with Crippen molar-refractivity contribution in [2.24, 2.45) is 11.7 Å². The molecule has 1 aromatic rings. The molecule has 1 atom stereocenters. The molecule has 2 heteroatoms. The Morgan fingerprint density at radius 3 is 2.56 bits per heavy atom. The van der Waals surface area contributed by atoms with Gasteiger partial charge in [0.15, 0.2) is 5.78 Å². The second kappa shape index (κ2) is 4.20. The van der Waals surface area contributed by atoms with Gasteiger partial charge in [-0.05, 0) is 56.1 Å². The maximum Gasteiger partial charge on any atom is 0.182 e. The predicted octanol–water partition coefficient (Wildman–Crippen LogP) is 3.26. The van der Waals surface area contributed by atoms with Gasteiger partial charge >= 0.3 is 0 Å². The Morgan fingerprint density at radius 1 is 1.28 bits per heavy atom. The predicted molar refractivity (Wildman–Crippen MR) is 72.7 cm³/mol. The zero-order valence-electron chi connectivity index (χ0n) is 11.0. The van der Waals surface area contributed by atoms with E-state index in [-0.39, 0.29) is 5.78 Å². The molecule has 2 saturated carbocycles. The average molecular weight is 243 g/mol. The Labute approximate surface area is 109 Å². The van der Waals surface area contributed by atoms with Gasteiger partial charge in [-0.2, -0.15) is 0 Å². The van der Waals surface area contributed by atoms with Gasteiger partial charge in [0, 0.05) is 5.56 Å². The SMILES string of the molecule is CC(N)(C(=O)c1cccc(C2CCC2)c1)C1CC1. The quantitative estimate of drug-likeness (QED) is 0.825. The maximum absolute atomic E-state index is 12.5. The van der Waals surface area contributed by atoms with Crippen molar-refractivity contribution < 1.29 is 4.79 Å². The normalized spacial score (nSPS) is 23.2. The molecule has 0 heterocycles. The summed E-state index contributed by atoms with van der Waals surface area (Å²) in [4.78, 5) is 12.5. The molecule has 3 rings (SSSR count). The molecule has 0 saturated heterocycles. The molecule has 0 bridgehead atoms. The zero-order valence-corrected chi connectivity index (χ0v) is 11.0. The summed E-state index contributed by atoms with van der Waals surface area (Å²) >= 11 is 0. The van der Waals surface area contributed by atoms with Gasteiger partial charge in [0.1, 0.15) is 0 Å². The average Bonchev–Trinajstić information content (AvgIpc) is 3.10. The van der Waals surface area contributed by atoms with Crippen LogP contribution >= 0.6 is 0 Å². The Morgan fingerprint density at radius 2 is 2.00 bits per heavy atom. The van der Waals surface area contributed by atoms with E-state index in [0.717, 1.165) is 18.4 Å². The largest absolute Gasteiger partial charge is 0.319 e. The molecule has 1 unspecified atom stereocenters. The van der Waals surface area contributed by atoms with Crippen LogP contribution in [0.1, 0.15) is 60.9 Å². The number of hydrogen-bond acceptors (Lipinski definition) is 2. The smallest absolute Gasteiger partial charge is 0.182 e. The third kappa shape index (κ3) is 1.99. The van der Waals surface area contributed by atoms with Gasteiger partial charge in [-0.25, -0.2) is 0 Å². The summed E-state index contributed by atoms with van der Waals surface area (Å²) in [7, 11) is 0. The summed E-state index contributed by atoms with van der Waals surface area (Å²) in [5, 5.41) is 0. The lowest BCUT2D eigenvalue weighted by atomic mass is 9.78. The van der Waals surface area contributed by atoms with Gasteiger partial charge in [0.25, 0.3) is 0 Å². The van der Waals surface area contributed by atoms with Gasteiger partial charge in [0.2, 0.25) is 0 Å². The highest BCUT2D eigenvalue weighted by Gasteiger charge is 2.44. The van der Waals surface area contributed by atoms with Crippen LogP contribution in [0.4, 0.5) is 0 Å². The molecular formula is C16H21NO. The molecule has 0 spiro atoms. The van der Waals surface area contributed by atoms with Crippen molar-refractivity contribution in [2.45, 2.75) is 50.5 Å². The number of ketones is 1. The molecule has 96 valence electrons. The highest BCUT2D eigenvalue weighted by atomic mass is 16.1. The molecule has 2 aliphatic carbocycles. The number of benzene rings is 1. The topological polar surface area (TPSA) is 43.1 Å². The van der Waals surface area contributed by atoms with Crippen LogP contribution in [0.3, 0.4) is 0 Å². The van der Waals surface area contributed by atoms with Crippen LogP contribution in [0.2, 0.25) is 0 Å². The van der Waals surface area contributed by atoms with Gasteiger partial charge in [-0.3, -0.25) is 4.79 Å². The Kier molecular flexibility index (Phi) is 2.78. The molecule has 2 aliphatic rings. The number of carbonyl (C=O) groups is 1. The first kappa shape index (κ1) is 11.9. The van der Waals surface area contributed by atoms with E-state index in [4.69, 9.17) is 5.73 Å². The summed E-state index contributed by atoms with van der Waals surface area (Å²) in [6, 6.07) is 8.13. The molecule has 0 amide bonds. The van der Waals surface area contributed by atoms with Crippen molar-refractivity contribution in [3.63, 3.8) is 0 Å². The minimum absolute atomic E-state index is 0.117. The van der Waals surface area contributed by atoms with Crippen LogP contribution in [-0.2, 0) is 0 Å². The van der Waals surface area contributed by atoms with Gasteiger partial charge < -0.3 is 5.73 Å². The van der Waals surface area contributed by atoms with Crippen molar-refractivity contribution in [3.8, 4) is 0 Å². The van der Waals surface area contributed by atoms with E-state index >= 15 is 0 Å². The number of carbonyl (C=O) groups excluding carboxylic acids is 1. The van der Waals surface area contributed by atoms with Crippen LogP contribution in [-0.4, -0.2) is 11.3 Å². The van der Waals surface area contributed by atoms with E-state index in [1.54, 1.807) is 0 Å². The van der Waals surface area contributed by atoms with Crippen LogP contribution in [0.15, 0.2) is 24.3 Å². The highest BCUT2D eigenvalue weighted by Crippen LogP contribution is 2.40. The van der Waals surface area contributed by atoms with Crippen LogP contribution < -0.4 is 5.73 Å². The minimum Gasteiger partial charge on any atom is -0.319 e. The lowest BCUT2D eigenvalue weighted by Crippen LogP contribution is -2.47. The molecule has 18 heavy (non-hydrogen) atoms. The number of rotatable bonds is 4. The summed E-state index contributed by atoms with van der Waals surface area (Å²) < 4.78 is 0. The van der Waals surface area contributed by atoms with Gasteiger partial charge in [0.05, 0.1) is 5.54 Å². The molecular weight excluding hydrogens is 222 g/mol. The molecule has 2 fully saturated rings. The first-order valence-electron chi connectivity index (χ1n) is 7.02. The van der Waals surface area contributed by atoms with Crippen LogP contribution in [0.5, 0.6) is 0 Å². The number of Topliss-reactive ketones (excluding diaryl/α,β-unsaturated/α-hetero) is 1. The summed E-state index contributed by atoms with van der Waals surface area (Å²) in [5.41, 5.74) is 7.67. The fourth-order valence-electron chi connectivity index (χ4n) is 2.85. The lowest BCUT2D eigenvalue weighted by molar-refractivity contribution is 0.0883. The van der Waals surface area contributed by atoms with Crippen molar-refractivity contribution >= 4 is 5.78 Å². The second-order valence-corrected chi connectivity index (χ2v) is 6.14. The fourth-order valence-corrected chi connectivity index (χ4v) is 2.85. The highest BCUT2D eigenvalue weighted by molar-refractivity contribution is 6.03. The first-order chi connectivity index (χ1) is 8.59. The zero-order chi connectivity index (χ0) is 12.8. The summed E-state index contributed by atoms with van der Waals surface area (Å²) in [5.74, 6) is 1.17. The Balaban J connectivity index is 1.84. The minimum atomic E-state index is -0.668. The monoisotopic (exact) mass is 243 g/mol. The van der Waals surface area contributed by atoms with E-state index in [0.29, 0.717) is 11.8 Å². The summed E-state index contributed by atoms with van der Waals surface area (Å²) in [6.45, 7) is 1.89. The van der Waals surface area contributed by atoms with Crippen molar-refractivity contribution in [3.05, 3.63) is 35.4 Å². The van der Waals surface area contributed by atoms with Crippen molar-refractivity contribution in [2.75, 3.05) is 0 Å². The van der Waals surface area contributed by atoms with E-state index in [2.05, 4.69) is 12.1 Å². The van der Waals surface area contributed by atoms with E-state index < -0.39 is 5.54 Å². The lowest BCUT2D eigenvalue weighted by Gasteiger charge is -2.27. The molecule has 0 aliphatic heterocycles. The van der Waals surface area contributed by atoms with Gasteiger partial charge in [-0.15, -0.1) is 0 Å². The standard InChI is InChI=1S/C16H21NO/c1-16(17,14-8-9-14)15(18)13-7-3-6-12(10-13)11-4-2-5-11/h3,6-7,10-11,14H,2,4-5,8-9,17H2,1H3. The van der Waals surface area contributed by atoms with E-state index in [1.807, 2.05) is 19.1 Å². The van der Waals surface area contributed by atoms with Crippen LogP contribution in [0.25, 0.3) is 0 Å². The molecule has 0 radical (unpaired) electrons. The number of hydrogen-bond donors (Lipinski definition) is 1. The first-order valence-corrected chi connectivity index (χ1v) is 7.02. The molecule has 2 N–H and O–H groups in total. The third-order valence-corrected chi connectivity index (χ3v) is 4.64. The fraction of sp³-hybridized carbons (Fsp3) is 0.562. The second-order valence-electron chi connectivity index (χ2n) is 6.14. The Bertz CT molecular complexity index is 470. The van der Waals surface area contributed by atoms with Gasteiger partial charge in [-0.1, -0.05) is 24.6 Å². The van der Waals surface area contributed by atoms with Crippen molar-refractivity contribution in [1.29, 1.82) is 0 Å². The van der Waals surface area contributed by atoms with E-state index in [1.165, 1.54) is 24.8 Å². The molecule has 1 aromatic carbocycles. The number of nitrogens with two attached hydrogens (primary N) is 1. The maximum atomic E-state index is 12.5. The summed E-state index contributed by atoms with van der Waals surface area (Å²) in [6.07, 6.45) is 6.04. The molecule has 2 nitrogen and oxygen atoms in total. The van der Waals surface area contributed by atoms with Crippen molar-refractivity contribution in [1.82, 2.24) is 0 Å².